The average Bonchev–Trinajstić information content (AvgIpc) is 3.19. The number of benzene rings is 2. The number of carbonyl (C=O) groups excluding carboxylic acids is 1. The Labute approximate surface area is 176 Å². The van der Waals surface area contributed by atoms with Gasteiger partial charge in [0.25, 0.3) is 0 Å². The summed E-state index contributed by atoms with van der Waals surface area (Å²) in [5.41, 5.74) is 1.49. The van der Waals surface area contributed by atoms with Gasteiger partial charge in [0.15, 0.2) is 0 Å². The monoisotopic (exact) mass is 458 g/mol. The number of carbonyl (C=O) groups is 1. The van der Waals surface area contributed by atoms with Crippen molar-refractivity contribution in [3.63, 3.8) is 0 Å². The van der Waals surface area contributed by atoms with E-state index in [1.54, 1.807) is 12.1 Å². The summed E-state index contributed by atoms with van der Waals surface area (Å²) in [6.45, 7) is 1.99. The lowest BCUT2D eigenvalue weighted by Gasteiger charge is -2.30. The van der Waals surface area contributed by atoms with Gasteiger partial charge in [0, 0.05) is 22.3 Å². The third kappa shape index (κ3) is 5.07. The summed E-state index contributed by atoms with van der Waals surface area (Å²) in [5.74, 6) is 0.566. The van der Waals surface area contributed by atoms with Gasteiger partial charge >= 0.3 is 0 Å². The first-order valence-corrected chi connectivity index (χ1v) is 10.2. The summed E-state index contributed by atoms with van der Waals surface area (Å²) in [7, 11) is 0. The highest BCUT2D eigenvalue weighted by molar-refractivity contribution is 9.10. The maximum Gasteiger partial charge on any atom is 0.241 e. The normalized spacial score (nSPS) is 17.2. The molecule has 1 saturated heterocycles. The lowest BCUT2D eigenvalue weighted by molar-refractivity contribution is -0.121. The van der Waals surface area contributed by atoms with E-state index in [-0.39, 0.29) is 17.6 Å². The van der Waals surface area contributed by atoms with Gasteiger partial charge in [0.05, 0.1) is 12.5 Å². The fourth-order valence-electron chi connectivity index (χ4n) is 3.42. The summed E-state index contributed by atoms with van der Waals surface area (Å²) in [6.07, 6.45) is 1.73. The number of piperidine rings is 1. The van der Waals surface area contributed by atoms with Crippen molar-refractivity contribution in [3.05, 3.63) is 64.7 Å². The zero-order valence-electron chi connectivity index (χ0n) is 15.6. The highest BCUT2D eigenvalue weighted by Crippen LogP contribution is 2.22. The Hall–Kier alpha value is -2.58. The number of likely N-dealkylation sites (tertiary alicyclic amines) is 1. The minimum atomic E-state index is -0.325. The fraction of sp³-hybridized carbons (Fsp3) is 0.286. The molecule has 0 bridgehead atoms. The second-order valence-corrected chi connectivity index (χ2v) is 8.00. The van der Waals surface area contributed by atoms with Crippen LogP contribution in [0, 0.1) is 11.7 Å². The van der Waals surface area contributed by atoms with Gasteiger partial charge in [0.1, 0.15) is 5.82 Å². The standard InChI is InChI=1S/C21H20BrFN4O2/c22-16-5-3-14(4-6-16)20-25-19(29-26-20)13-27-11-1-2-15(12-27)21(28)24-18-9-7-17(23)8-10-18/h3-10,15H,1-2,11-13H2,(H,24,28). The zero-order valence-corrected chi connectivity index (χ0v) is 17.2. The molecule has 1 aliphatic rings. The molecule has 1 N–H and O–H groups in total. The van der Waals surface area contributed by atoms with Crippen molar-refractivity contribution >= 4 is 27.5 Å². The molecule has 2 heterocycles. The smallest absolute Gasteiger partial charge is 0.241 e. The van der Waals surface area contributed by atoms with E-state index in [9.17, 15) is 9.18 Å². The Morgan fingerprint density at radius 1 is 1.21 bits per heavy atom. The summed E-state index contributed by atoms with van der Waals surface area (Å²) in [6, 6.07) is 13.5. The van der Waals surface area contributed by atoms with Crippen molar-refractivity contribution < 1.29 is 13.7 Å². The number of rotatable bonds is 5. The van der Waals surface area contributed by atoms with Crippen LogP contribution in [0.3, 0.4) is 0 Å². The van der Waals surface area contributed by atoms with Crippen molar-refractivity contribution in [2.24, 2.45) is 5.92 Å². The van der Waals surface area contributed by atoms with Crippen LogP contribution in [-0.2, 0) is 11.3 Å². The summed E-state index contributed by atoms with van der Waals surface area (Å²) >= 11 is 3.41. The maximum atomic E-state index is 13.0. The van der Waals surface area contributed by atoms with Gasteiger partial charge in [-0.1, -0.05) is 21.1 Å². The van der Waals surface area contributed by atoms with E-state index in [2.05, 4.69) is 36.3 Å². The minimum Gasteiger partial charge on any atom is -0.338 e. The molecule has 1 fully saturated rings. The molecule has 0 radical (unpaired) electrons. The van der Waals surface area contributed by atoms with Crippen LogP contribution >= 0.6 is 15.9 Å². The van der Waals surface area contributed by atoms with E-state index in [1.807, 2.05) is 24.3 Å². The molecule has 0 saturated carbocycles. The number of aromatic nitrogens is 2. The minimum absolute atomic E-state index is 0.0533. The van der Waals surface area contributed by atoms with Gasteiger partial charge in [-0.05, 0) is 67.9 Å². The number of nitrogens with one attached hydrogen (secondary N) is 1. The SMILES string of the molecule is O=C(Nc1ccc(F)cc1)C1CCCN(Cc2nc(-c3ccc(Br)cc3)no2)C1. The molecule has 3 aromatic rings. The Bertz CT molecular complexity index is 975. The van der Waals surface area contributed by atoms with Gasteiger partial charge in [0.2, 0.25) is 17.6 Å². The highest BCUT2D eigenvalue weighted by atomic mass is 79.9. The zero-order chi connectivity index (χ0) is 20.2. The molecular formula is C21H20BrFN4O2. The van der Waals surface area contributed by atoms with Crippen LogP contribution in [0.15, 0.2) is 57.5 Å². The molecule has 1 aliphatic heterocycles. The molecule has 0 spiro atoms. The first-order valence-electron chi connectivity index (χ1n) is 9.44. The first-order chi connectivity index (χ1) is 14.1. The predicted octanol–water partition coefficient (Wildman–Crippen LogP) is 4.49. The molecule has 1 unspecified atom stereocenters. The van der Waals surface area contributed by atoms with Crippen molar-refractivity contribution in [2.75, 3.05) is 18.4 Å². The van der Waals surface area contributed by atoms with E-state index in [0.29, 0.717) is 30.5 Å². The molecule has 29 heavy (non-hydrogen) atoms. The number of anilines is 1. The summed E-state index contributed by atoms with van der Waals surface area (Å²) < 4.78 is 19.4. The number of halogens is 2. The van der Waals surface area contributed by atoms with Gasteiger partial charge in [-0.3, -0.25) is 9.69 Å². The molecule has 1 amide bonds. The molecule has 0 aliphatic carbocycles. The molecule has 1 atom stereocenters. The van der Waals surface area contributed by atoms with Crippen LogP contribution in [0.4, 0.5) is 10.1 Å². The van der Waals surface area contributed by atoms with Crippen LogP contribution in [0.1, 0.15) is 18.7 Å². The quantitative estimate of drug-likeness (QED) is 0.609. The van der Waals surface area contributed by atoms with Crippen LogP contribution in [0.2, 0.25) is 0 Å². The lowest BCUT2D eigenvalue weighted by atomic mass is 9.97. The number of hydrogen-bond donors (Lipinski definition) is 1. The summed E-state index contributed by atoms with van der Waals surface area (Å²) in [5, 5.41) is 6.93. The highest BCUT2D eigenvalue weighted by Gasteiger charge is 2.27. The third-order valence-corrected chi connectivity index (χ3v) is 5.45. The Balaban J connectivity index is 1.35. The fourth-order valence-corrected chi connectivity index (χ4v) is 3.68. The van der Waals surface area contributed by atoms with E-state index in [0.717, 1.165) is 29.4 Å². The van der Waals surface area contributed by atoms with Gasteiger partial charge < -0.3 is 9.84 Å². The Kier molecular flexibility index (Phi) is 6.01. The van der Waals surface area contributed by atoms with E-state index < -0.39 is 0 Å². The maximum absolute atomic E-state index is 13.0. The molecular weight excluding hydrogens is 439 g/mol. The Morgan fingerprint density at radius 2 is 1.97 bits per heavy atom. The second kappa shape index (κ2) is 8.84. The molecule has 2 aromatic carbocycles. The lowest BCUT2D eigenvalue weighted by Crippen LogP contribution is -2.40. The molecule has 6 nitrogen and oxygen atoms in total. The van der Waals surface area contributed by atoms with E-state index >= 15 is 0 Å². The topological polar surface area (TPSA) is 71.3 Å². The predicted molar refractivity (Wildman–Crippen MR) is 110 cm³/mol. The number of amides is 1. The van der Waals surface area contributed by atoms with Crippen molar-refractivity contribution in [2.45, 2.75) is 19.4 Å². The van der Waals surface area contributed by atoms with Gasteiger partial charge in [-0.15, -0.1) is 0 Å². The molecule has 4 rings (SSSR count). The van der Waals surface area contributed by atoms with Crippen molar-refractivity contribution in [1.29, 1.82) is 0 Å². The van der Waals surface area contributed by atoms with Gasteiger partial charge in [-0.2, -0.15) is 4.98 Å². The van der Waals surface area contributed by atoms with Crippen LogP contribution < -0.4 is 5.32 Å². The molecule has 150 valence electrons. The van der Waals surface area contributed by atoms with Crippen molar-refractivity contribution in [3.8, 4) is 11.4 Å². The summed E-state index contributed by atoms with van der Waals surface area (Å²) in [4.78, 5) is 19.2. The van der Waals surface area contributed by atoms with E-state index in [4.69, 9.17) is 4.52 Å². The van der Waals surface area contributed by atoms with Crippen molar-refractivity contribution in [1.82, 2.24) is 15.0 Å². The average molecular weight is 459 g/mol. The molecule has 8 heteroatoms. The molecule has 1 aromatic heterocycles. The van der Waals surface area contributed by atoms with Crippen LogP contribution in [0.25, 0.3) is 11.4 Å². The second-order valence-electron chi connectivity index (χ2n) is 7.09. The first kappa shape index (κ1) is 19.7. The largest absolute Gasteiger partial charge is 0.338 e. The third-order valence-electron chi connectivity index (χ3n) is 4.92. The van der Waals surface area contributed by atoms with E-state index in [1.165, 1.54) is 12.1 Å². The number of nitrogens with zero attached hydrogens (tertiary/aromatic N) is 3. The number of hydrogen-bond acceptors (Lipinski definition) is 5. The van der Waals surface area contributed by atoms with Crippen LogP contribution in [-0.4, -0.2) is 34.0 Å². The van der Waals surface area contributed by atoms with Gasteiger partial charge in [-0.25, -0.2) is 4.39 Å². The van der Waals surface area contributed by atoms with Crippen LogP contribution in [0.5, 0.6) is 0 Å². The Morgan fingerprint density at radius 3 is 2.72 bits per heavy atom.